The number of ether oxygens (including phenoxy) is 1. The summed E-state index contributed by atoms with van der Waals surface area (Å²) in [5.41, 5.74) is 2.79. The van der Waals surface area contributed by atoms with Crippen LogP contribution in [0.3, 0.4) is 0 Å². The first-order valence-corrected chi connectivity index (χ1v) is 4.55. The zero-order valence-corrected chi connectivity index (χ0v) is 8.06. The van der Waals surface area contributed by atoms with Crippen LogP contribution in [0.25, 0.3) is 0 Å². The summed E-state index contributed by atoms with van der Waals surface area (Å²) in [5.74, 6) is 0. The van der Waals surface area contributed by atoms with Crippen molar-refractivity contribution in [1.29, 1.82) is 0 Å². The maximum absolute atomic E-state index is 5.09. The van der Waals surface area contributed by atoms with E-state index in [1.54, 1.807) is 0 Å². The van der Waals surface area contributed by atoms with Crippen LogP contribution in [0.4, 0.5) is 0 Å². The van der Waals surface area contributed by atoms with Gasteiger partial charge in [-0.15, -0.1) is 0 Å². The molecule has 0 aromatic heterocycles. The van der Waals surface area contributed by atoms with Crippen molar-refractivity contribution in [2.45, 2.75) is 26.7 Å². The molecule has 0 saturated heterocycles. The maximum atomic E-state index is 5.09. The Hall–Kier alpha value is -0.160. The zero-order valence-electron chi connectivity index (χ0n) is 8.06. The number of nitrogens with one attached hydrogen (secondary N) is 2. The molecule has 0 rings (SSSR count). The van der Waals surface area contributed by atoms with Gasteiger partial charge in [-0.25, -0.2) is 0 Å². The van der Waals surface area contributed by atoms with Crippen LogP contribution in [-0.4, -0.2) is 26.6 Å². The lowest BCUT2D eigenvalue weighted by atomic mass is 10.4. The van der Waals surface area contributed by atoms with E-state index < -0.39 is 0 Å². The van der Waals surface area contributed by atoms with Crippen LogP contribution >= 0.6 is 0 Å². The normalized spacial score (nSPS) is 10.5. The van der Waals surface area contributed by atoms with Crippen molar-refractivity contribution in [2.24, 2.45) is 0 Å². The molecule has 0 spiro atoms. The monoisotopic (exact) mass is 176 g/mol. The number of rotatable bonds is 9. The van der Waals surface area contributed by atoms with Gasteiger partial charge in [-0.1, -0.05) is 13.3 Å². The van der Waals surface area contributed by atoms with Gasteiger partial charge >= 0.3 is 0 Å². The molecule has 12 heavy (non-hydrogen) atoms. The number of unbranched alkanes of at least 4 members (excludes halogenated alkanes) is 1. The Labute approximate surface area is 74.6 Å². The summed E-state index contributed by atoms with van der Waals surface area (Å²) in [7, 11) is 0. The van der Waals surface area contributed by atoms with Crippen molar-refractivity contribution in [3.8, 4) is 0 Å². The Morgan fingerprint density at radius 3 is 2.75 bits per heavy atom. The minimum Gasteiger partial charge on any atom is -0.367 e. The molecular weight excluding hydrogens is 156 g/mol. The lowest BCUT2D eigenvalue weighted by Gasteiger charge is -2.06. The molecule has 2 N–H and O–H groups in total. The van der Waals surface area contributed by atoms with Gasteiger partial charge in [0.25, 0.3) is 0 Å². The SMILES string of the molecule is CCCCONCNCOCC. The minimum atomic E-state index is 0.570. The maximum Gasteiger partial charge on any atom is 0.0975 e. The van der Waals surface area contributed by atoms with Crippen molar-refractivity contribution in [2.75, 3.05) is 26.6 Å². The Bertz CT molecular complexity index is 71.5. The molecule has 0 radical (unpaired) electrons. The lowest BCUT2D eigenvalue weighted by Crippen LogP contribution is -2.31. The average molecular weight is 176 g/mol. The standard InChI is InChI=1S/C8H20N2O2/c1-3-5-6-12-10-7-9-8-11-4-2/h9-10H,3-8H2,1-2H3. The van der Waals surface area contributed by atoms with Crippen molar-refractivity contribution in [1.82, 2.24) is 10.8 Å². The summed E-state index contributed by atoms with van der Waals surface area (Å²) in [6.45, 7) is 6.81. The van der Waals surface area contributed by atoms with Crippen molar-refractivity contribution in [3.05, 3.63) is 0 Å². The van der Waals surface area contributed by atoms with Crippen LogP contribution in [0.1, 0.15) is 26.7 Å². The molecular formula is C8H20N2O2. The smallest absolute Gasteiger partial charge is 0.0975 e. The molecule has 0 aliphatic carbocycles. The summed E-state index contributed by atoms with van der Waals surface area (Å²) in [6, 6.07) is 0. The molecule has 0 bridgehead atoms. The Morgan fingerprint density at radius 2 is 2.08 bits per heavy atom. The van der Waals surface area contributed by atoms with Crippen LogP contribution in [0, 0.1) is 0 Å². The molecule has 4 nitrogen and oxygen atoms in total. The van der Waals surface area contributed by atoms with Crippen molar-refractivity contribution < 1.29 is 9.57 Å². The average Bonchev–Trinajstić information content (AvgIpc) is 2.10. The third kappa shape index (κ3) is 9.84. The zero-order chi connectivity index (χ0) is 9.07. The largest absolute Gasteiger partial charge is 0.367 e. The van der Waals surface area contributed by atoms with E-state index >= 15 is 0 Å². The summed E-state index contributed by atoms with van der Waals surface area (Å²) >= 11 is 0. The lowest BCUT2D eigenvalue weighted by molar-refractivity contribution is 0.0249. The molecule has 0 aliphatic heterocycles. The molecule has 0 atom stereocenters. The first-order valence-electron chi connectivity index (χ1n) is 4.55. The molecule has 4 heteroatoms. The quantitative estimate of drug-likeness (QED) is 0.310. The van der Waals surface area contributed by atoms with Gasteiger partial charge in [-0.3, -0.25) is 5.32 Å². The first-order chi connectivity index (χ1) is 5.91. The van der Waals surface area contributed by atoms with Gasteiger partial charge in [-0.2, -0.15) is 5.48 Å². The van der Waals surface area contributed by atoms with Crippen LogP contribution in [0.2, 0.25) is 0 Å². The predicted molar refractivity (Wildman–Crippen MR) is 48.5 cm³/mol. The molecule has 74 valence electrons. The fraction of sp³-hybridized carbons (Fsp3) is 1.00. The van der Waals surface area contributed by atoms with Crippen molar-refractivity contribution in [3.63, 3.8) is 0 Å². The van der Waals surface area contributed by atoms with E-state index in [2.05, 4.69) is 17.7 Å². The number of hydrogen-bond donors (Lipinski definition) is 2. The van der Waals surface area contributed by atoms with E-state index in [1.807, 2.05) is 6.92 Å². The Kier molecular flexibility index (Phi) is 10.7. The molecule has 0 aromatic carbocycles. The van der Waals surface area contributed by atoms with Gasteiger partial charge in [0.15, 0.2) is 0 Å². The summed E-state index contributed by atoms with van der Waals surface area (Å²) in [4.78, 5) is 5.09. The number of hydrogen-bond acceptors (Lipinski definition) is 4. The fourth-order valence-electron chi connectivity index (χ4n) is 0.616. The van der Waals surface area contributed by atoms with Gasteiger partial charge in [0, 0.05) is 6.61 Å². The Balaban J connectivity index is 2.73. The van der Waals surface area contributed by atoms with Gasteiger partial charge in [-0.05, 0) is 13.3 Å². The fourth-order valence-corrected chi connectivity index (χ4v) is 0.616. The van der Waals surface area contributed by atoms with Gasteiger partial charge in [0.2, 0.25) is 0 Å². The van der Waals surface area contributed by atoms with E-state index in [-0.39, 0.29) is 0 Å². The summed E-state index contributed by atoms with van der Waals surface area (Å²) < 4.78 is 5.05. The van der Waals surface area contributed by atoms with E-state index in [4.69, 9.17) is 9.57 Å². The number of hydroxylamine groups is 1. The third-order valence-electron chi connectivity index (χ3n) is 1.31. The second kappa shape index (κ2) is 10.8. The van der Waals surface area contributed by atoms with Crippen molar-refractivity contribution >= 4 is 0 Å². The molecule has 0 fully saturated rings. The second-order valence-electron chi connectivity index (χ2n) is 2.41. The molecule has 0 saturated carbocycles. The van der Waals surface area contributed by atoms with Crippen LogP contribution in [-0.2, 0) is 9.57 Å². The van der Waals surface area contributed by atoms with Crippen LogP contribution in [0.5, 0.6) is 0 Å². The highest BCUT2D eigenvalue weighted by Gasteiger charge is 1.86. The topological polar surface area (TPSA) is 42.5 Å². The van der Waals surface area contributed by atoms with E-state index in [0.717, 1.165) is 26.1 Å². The molecule has 0 heterocycles. The van der Waals surface area contributed by atoms with E-state index in [9.17, 15) is 0 Å². The third-order valence-corrected chi connectivity index (χ3v) is 1.31. The molecule has 0 unspecified atom stereocenters. The van der Waals surface area contributed by atoms with Gasteiger partial charge in [0.1, 0.15) is 0 Å². The highest BCUT2D eigenvalue weighted by atomic mass is 16.6. The highest BCUT2D eigenvalue weighted by Crippen LogP contribution is 1.83. The summed E-state index contributed by atoms with van der Waals surface area (Å²) in [6.07, 6.45) is 2.26. The van der Waals surface area contributed by atoms with E-state index in [0.29, 0.717) is 13.4 Å². The van der Waals surface area contributed by atoms with Crippen LogP contribution < -0.4 is 10.8 Å². The van der Waals surface area contributed by atoms with Gasteiger partial charge < -0.3 is 9.57 Å². The predicted octanol–water partition coefficient (Wildman–Crippen LogP) is 0.849. The second-order valence-corrected chi connectivity index (χ2v) is 2.41. The first kappa shape index (κ1) is 11.8. The molecule has 0 aromatic rings. The minimum absolute atomic E-state index is 0.570. The summed E-state index contributed by atoms with van der Waals surface area (Å²) in [5, 5.41) is 3.00. The van der Waals surface area contributed by atoms with E-state index in [1.165, 1.54) is 0 Å². The highest BCUT2D eigenvalue weighted by molar-refractivity contribution is 4.31. The van der Waals surface area contributed by atoms with Crippen LogP contribution in [0.15, 0.2) is 0 Å². The molecule has 0 amide bonds. The van der Waals surface area contributed by atoms with Gasteiger partial charge in [0.05, 0.1) is 20.0 Å². The Morgan fingerprint density at radius 1 is 1.25 bits per heavy atom. The molecule has 0 aliphatic rings.